The zero-order chi connectivity index (χ0) is 12.0. The number of hydrogen-bond donors (Lipinski definition) is 2. The Hall–Kier alpha value is -1.62. The molecule has 0 fully saturated rings. The molecular weight excluding hydrogens is 206 g/mol. The number of ketones is 1. The van der Waals surface area contributed by atoms with E-state index in [0.29, 0.717) is 12.2 Å². The number of likely N-dealkylation sites (N-methyl/N-ethyl adjacent to an activating group) is 2. The van der Waals surface area contributed by atoms with Crippen LogP contribution in [0.5, 0.6) is 0 Å². The van der Waals surface area contributed by atoms with E-state index in [1.54, 1.807) is 30.3 Å². The first-order chi connectivity index (χ1) is 7.67. The van der Waals surface area contributed by atoms with Crippen molar-refractivity contribution in [1.82, 2.24) is 15.2 Å². The summed E-state index contributed by atoms with van der Waals surface area (Å²) in [6, 6.07) is 3.51. The minimum atomic E-state index is -0.0823. The van der Waals surface area contributed by atoms with Crippen molar-refractivity contribution in [3.63, 3.8) is 0 Å². The number of nitrogens with zero attached hydrogens (tertiary/aromatic N) is 1. The molecule has 0 unspecified atom stereocenters. The maximum absolute atomic E-state index is 11.7. The lowest BCUT2D eigenvalue weighted by atomic mass is 10.2. The molecule has 5 nitrogen and oxygen atoms in total. The molecule has 0 bridgehead atoms. The van der Waals surface area contributed by atoms with Gasteiger partial charge < -0.3 is 10.3 Å². The Kier molecular flexibility index (Phi) is 4.72. The first-order valence-electron chi connectivity index (χ1n) is 5.27. The summed E-state index contributed by atoms with van der Waals surface area (Å²) >= 11 is 0. The smallest absolute Gasteiger partial charge is 0.233 e. The lowest BCUT2D eigenvalue weighted by Gasteiger charge is -2.17. The van der Waals surface area contributed by atoms with E-state index < -0.39 is 0 Å². The maximum atomic E-state index is 11.7. The zero-order valence-electron chi connectivity index (χ0n) is 9.62. The first kappa shape index (κ1) is 12.4. The highest BCUT2D eigenvalue weighted by Gasteiger charge is 2.13. The minimum absolute atomic E-state index is 0.00393. The number of Topliss-reactive ketones (excluding diaryl/α,β-unsaturated/α-hetero) is 1. The summed E-state index contributed by atoms with van der Waals surface area (Å²) < 4.78 is 0. The van der Waals surface area contributed by atoms with E-state index in [2.05, 4.69) is 10.3 Å². The molecule has 88 valence electrons. The second-order valence-corrected chi connectivity index (χ2v) is 3.48. The van der Waals surface area contributed by atoms with Crippen LogP contribution >= 0.6 is 0 Å². The number of carbonyl (C=O) groups excluding carboxylic acids is 2. The third-order valence-electron chi connectivity index (χ3n) is 2.36. The van der Waals surface area contributed by atoms with Crippen LogP contribution < -0.4 is 5.32 Å². The highest BCUT2D eigenvalue weighted by Crippen LogP contribution is 1.99. The van der Waals surface area contributed by atoms with Crippen LogP contribution in [0.1, 0.15) is 17.4 Å². The minimum Gasteiger partial charge on any atom is -0.359 e. The normalized spacial score (nSPS) is 10.4. The van der Waals surface area contributed by atoms with E-state index in [-0.39, 0.29) is 24.8 Å². The molecule has 1 aromatic heterocycles. The average molecular weight is 223 g/mol. The fraction of sp³-hybridized carbons (Fsp3) is 0.455. The molecule has 0 aliphatic rings. The zero-order valence-corrected chi connectivity index (χ0v) is 9.62. The molecule has 16 heavy (non-hydrogen) atoms. The quantitative estimate of drug-likeness (QED) is 0.680. The van der Waals surface area contributed by atoms with Gasteiger partial charge in [0.05, 0.1) is 18.8 Å². The molecule has 1 aromatic rings. The third-order valence-corrected chi connectivity index (χ3v) is 2.36. The van der Waals surface area contributed by atoms with Gasteiger partial charge in [-0.05, 0) is 18.7 Å². The molecule has 1 amide bonds. The average Bonchev–Trinajstić information content (AvgIpc) is 2.81. The van der Waals surface area contributed by atoms with Gasteiger partial charge in [0.25, 0.3) is 0 Å². The number of H-pyrrole nitrogens is 1. The van der Waals surface area contributed by atoms with Crippen molar-refractivity contribution in [1.29, 1.82) is 0 Å². The van der Waals surface area contributed by atoms with Crippen LogP contribution in [-0.4, -0.2) is 48.3 Å². The van der Waals surface area contributed by atoms with Crippen LogP contribution in [0.4, 0.5) is 0 Å². The highest BCUT2D eigenvalue weighted by atomic mass is 16.2. The van der Waals surface area contributed by atoms with Crippen molar-refractivity contribution in [3.8, 4) is 0 Å². The number of aromatic amines is 1. The van der Waals surface area contributed by atoms with Gasteiger partial charge in [-0.15, -0.1) is 0 Å². The molecule has 0 aliphatic heterocycles. The van der Waals surface area contributed by atoms with Crippen LogP contribution in [0.2, 0.25) is 0 Å². The van der Waals surface area contributed by atoms with Gasteiger partial charge in [0.1, 0.15) is 0 Å². The molecule has 1 rings (SSSR count). The van der Waals surface area contributed by atoms with E-state index in [4.69, 9.17) is 0 Å². The number of nitrogens with one attached hydrogen (secondary N) is 2. The van der Waals surface area contributed by atoms with Crippen LogP contribution in [0.25, 0.3) is 0 Å². The molecular formula is C11H17N3O2. The van der Waals surface area contributed by atoms with Gasteiger partial charge in [0, 0.05) is 13.2 Å². The number of aromatic nitrogens is 1. The summed E-state index contributed by atoms with van der Waals surface area (Å²) in [5.41, 5.74) is 0.579. The van der Waals surface area contributed by atoms with Gasteiger partial charge in [-0.1, -0.05) is 6.92 Å². The van der Waals surface area contributed by atoms with E-state index in [0.717, 1.165) is 0 Å². The Morgan fingerprint density at radius 3 is 2.69 bits per heavy atom. The fourth-order valence-electron chi connectivity index (χ4n) is 1.35. The first-order valence-corrected chi connectivity index (χ1v) is 5.27. The molecule has 0 saturated heterocycles. The molecule has 0 aromatic carbocycles. The Labute approximate surface area is 94.8 Å². The summed E-state index contributed by atoms with van der Waals surface area (Å²) in [6.45, 7) is 3.09. The lowest BCUT2D eigenvalue weighted by molar-refractivity contribution is -0.121. The van der Waals surface area contributed by atoms with Gasteiger partial charge in [0.15, 0.2) is 5.78 Å². The summed E-state index contributed by atoms with van der Waals surface area (Å²) in [4.78, 5) is 27.6. The third kappa shape index (κ3) is 3.51. The SMILES string of the molecule is CCN(CC(=O)NC)CC(=O)c1ccc[nH]1. The van der Waals surface area contributed by atoms with E-state index >= 15 is 0 Å². The molecule has 0 aliphatic carbocycles. The Morgan fingerprint density at radius 2 is 2.19 bits per heavy atom. The van der Waals surface area contributed by atoms with Crippen molar-refractivity contribution < 1.29 is 9.59 Å². The molecule has 1 heterocycles. The number of hydrogen-bond acceptors (Lipinski definition) is 3. The van der Waals surface area contributed by atoms with Crippen LogP contribution in [-0.2, 0) is 4.79 Å². The fourth-order valence-corrected chi connectivity index (χ4v) is 1.35. The summed E-state index contributed by atoms with van der Waals surface area (Å²) in [5, 5.41) is 2.54. The van der Waals surface area contributed by atoms with Gasteiger partial charge in [-0.25, -0.2) is 0 Å². The molecule has 0 saturated carbocycles. The summed E-state index contributed by atoms with van der Waals surface area (Å²) in [5.74, 6) is -0.0862. The predicted octanol–water partition coefficient (Wildman–Crippen LogP) is 0.265. The van der Waals surface area contributed by atoms with Crippen LogP contribution in [0.3, 0.4) is 0 Å². The molecule has 2 N–H and O–H groups in total. The van der Waals surface area contributed by atoms with Gasteiger partial charge in [-0.2, -0.15) is 0 Å². The van der Waals surface area contributed by atoms with Crippen molar-refractivity contribution in [3.05, 3.63) is 24.0 Å². The monoisotopic (exact) mass is 223 g/mol. The van der Waals surface area contributed by atoms with E-state index in [9.17, 15) is 9.59 Å². The van der Waals surface area contributed by atoms with E-state index in [1.165, 1.54) is 0 Å². The molecule has 0 radical (unpaired) electrons. The topological polar surface area (TPSA) is 65.2 Å². The predicted molar refractivity (Wildman–Crippen MR) is 61.3 cm³/mol. The number of carbonyl (C=O) groups is 2. The van der Waals surface area contributed by atoms with E-state index in [1.807, 2.05) is 6.92 Å². The van der Waals surface area contributed by atoms with Crippen LogP contribution in [0.15, 0.2) is 18.3 Å². The second-order valence-electron chi connectivity index (χ2n) is 3.48. The molecule has 5 heteroatoms. The largest absolute Gasteiger partial charge is 0.359 e. The Morgan fingerprint density at radius 1 is 1.44 bits per heavy atom. The second kappa shape index (κ2) is 6.07. The lowest BCUT2D eigenvalue weighted by Crippen LogP contribution is -2.38. The van der Waals surface area contributed by atoms with Crippen molar-refractivity contribution in [2.75, 3.05) is 26.7 Å². The Bertz CT molecular complexity index is 346. The molecule has 0 spiro atoms. The van der Waals surface area contributed by atoms with Gasteiger partial charge >= 0.3 is 0 Å². The van der Waals surface area contributed by atoms with Crippen molar-refractivity contribution >= 4 is 11.7 Å². The standard InChI is InChI=1S/C11H17N3O2/c1-3-14(8-11(16)12-2)7-10(15)9-5-4-6-13-9/h4-6,13H,3,7-8H2,1-2H3,(H,12,16). The highest BCUT2D eigenvalue weighted by molar-refractivity contribution is 5.96. The molecule has 0 atom stereocenters. The maximum Gasteiger partial charge on any atom is 0.233 e. The number of amides is 1. The van der Waals surface area contributed by atoms with Crippen molar-refractivity contribution in [2.24, 2.45) is 0 Å². The summed E-state index contributed by atoms with van der Waals surface area (Å²) in [7, 11) is 1.59. The van der Waals surface area contributed by atoms with Gasteiger partial charge in [0.2, 0.25) is 5.91 Å². The number of rotatable bonds is 6. The van der Waals surface area contributed by atoms with Crippen molar-refractivity contribution in [2.45, 2.75) is 6.92 Å². The Balaban J connectivity index is 2.50. The van der Waals surface area contributed by atoms with Gasteiger partial charge in [-0.3, -0.25) is 14.5 Å². The van der Waals surface area contributed by atoms with Crippen LogP contribution in [0, 0.1) is 0 Å². The summed E-state index contributed by atoms with van der Waals surface area (Å²) in [6.07, 6.45) is 1.71.